The van der Waals surface area contributed by atoms with E-state index in [4.69, 9.17) is 27.6 Å². The van der Waals surface area contributed by atoms with Crippen LogP contribution >= 0.6 is 23.2 Å². The van der Waals surface area contributed by atoms with Crippen LogP contribution in [0.4, 0.5) is 0 Å². The molecule has 84 valence electrons. The number of hydrogen-bond donors (Lipinski definition) is 1. The maximum atomic E-state index is 6.14. The van der Waals surface area contributed by atoms with E-state index in [0.717, 1.165) is 11.3 Å². The van der Waals surface area contributed by atoms with Crippen molar-refractivity contribution in [3.63, 3.8) is 0 Å². The molecule has 0 spiro atoms. The van der Waals surface area contributed by atoms with E-state index in [1.54, 1.807) is 6.07 Å². The van der Waals surface area contributed by atoms with E-state index in [9.17, 15) is 0 Å². The standard InChI is InChI=1S/C12H11Cl2NO/c1-15-12(10-6-7-11(14)16-10)8-4-2-3-5-9(8)13/h2-7,12,15H,1H3. The Morgan fingerprint density at radius 1 is 1.12 bits per heavy atom. The minimum Gasteiger partial charge on any atom is -0.448 e. The lowest BCUT2D eigenvalue weighted by Crippen LogP contribution is -2.17. The smallest absolute Gasteiger partial charge is 0.193 e. The molecule has 0 saturated heterocycles. The molecule has 1 atom stereocenters. The average Bonchev–Trinajstić information content (AvgIpc) is 2.69. The maximum Gasteiger partial charge on any atom is 0.193 e. The van der Waals surface area contributed by atoms with Gasteiger partial charge in [-0.2, -0.15) is 0 Å². The number of rotatable bonds is 3. The average molecular weight is 256 g/mol. The lowest BCUT2D eigenvalue weighted by atomic mass is 10.1. The summed E-state index contributed by atoms with van der Waals surface area (Å²) in [5, 5.41) is 4.23. The molecule has 16 heavy (non-hydrogen) atoms. The molecule has 1 aromatic carbocycles. The number of nitrogens with one attached hydrogen (secondary N) is 1. The van der Waals surface area contributed by atoms with Crippen molar-refractivity contribution in [3.8, 4) is 0 Å². The van der Waals surface area contributed by atoms with Gasteiger partial charge < -0.3 is 9.73 Å². The molecule has 0 bridgehead atoms. The number of halogens is 2. The largest absolute Gasteiger partial charge is 0.448 e. The minimum atomic E-state index is -0.0822. The summed E-state index contributed by atoms with van der Waals surface area (Å²) in [6.07, 6.45) is 0. The van der Waals surface area contributed by atoms with Crippen molar-refractivity contribution in [2.45, 2.75) is 6.04 Å². The summed E-state index contributed by atoms with van der Waals surface area (Å²) in [4.78, 5) is 0. The van der Waals surface area contributed by atoms with Crippen LogP contribution in [-0.4, -0.2) is 7.05 Å². The van der Waals surface area contributed by atoms with Gasteiger partial charge in [0.1, 0.15) is 5.76 Å². The maximum absolute atomic E-state index is 6.14. The fourth-order valence-electron chi connectivity index (χ4n) is 1.64. The Morgan fingerprint density at radius 2 is 1.88 bits per heavy atom. The van der Waals surface area contributed by atoms with Gasteiger partial charge in [-0.15, -0.1) is 0 Å². The van der Waals surface area contributed by atoms with E-state index in [1.807, 2.05) is 37.4 Å². The third kappa shape index (κ3) is 2.24. The molecule has 0 saturated carbocycles. The molecule has 1 N–H and O–H groups in total. The Morgan fingerprint density at radius 3 is 2.44 bits per heavy atom. The van der Waals surface area contributed by atoms with Crippen molar-refractivity contribution >= 4 is 23.2 Å². The highest BCUT2D eigenvalue weighted by Crippen LogP contribution is 2.29. The molecular weight excluding hydrogens is 245 g/mol. The molecule has 1 heterocycles. The van der Waals surface area contributed by atoms with Gasteiger partial charge in [0.05, 0.1) is 6.04 Å². The van der Waals surface area contributed by atoms with E-state index >= 15 is 0 Å². The molecule has 0 radical (unpaired) electrons. The summed E-state index contributed by atoms with van der Waals surface area (Å²) in [6, 6.07) is 11.1. The van der Waals surface area contributed by atoms with Crippen molar-refractivity contribution in [1.82, 2.24) is 5.32 Å². The first kappa shape index (κ1) is 11.5. The first-order valence-electron chi connectivity index (χ1n) is 4.89. The Kier molecular flexibility index (Phi) is 3.54. The zero-order valence-corrected chi connectivity index (χ0v) is 10.2. The summed E-state index contributed by atoms with van der Waals surface area (Å²) >= 11 is 11.9. The van der Waals surface area contributed by atoms with Crippen LogP contribution in [0.25, 0.3) is 0 Å². The highest BCUT2D eigenvalue weighted by Gasteiger charge is 2.17. The fraction of sp³-hybridized carbons (Fsp3) is 0.167. The second kappa shape index (κ2) is 4.91. The van der Waals surface area contributed by atoms with Gasteiger partial charge in [-0.25, -0.2) is 0 Å². The lowest BCUT2D eigenvalue weighted by Gasteiger charge is -2.15. The van der Waals surface area contributed by atoms with Crippen LogP contribution in [0.2, 0.25) is 10.2 Å². The summed E-state index contributed by atoms with van der Waals surface area (Å²) < 4.78 is 5.39. The summed E-state index contributed by atoms with van der Waals surface area (Å²) in [5.41, 5.74) is 0.970. The number of hydrogen-bond acceptors (Lipinski definition) is 2. The van der Waals surface area contributed by atoms with Crippen molar-refractivity contribution in [2.24, 2.45) is 0 Å². The van der Waals surface area contributed by atoms with Crippen LogP contribution in [0.15, 0.2) is 40.8 Å². The van der Waals surface area contributed by atoms with E-state index in [1.165, 1.54) is 0 Å². The van der Waals surface area contributed by atoms with E-state index in [2.05, 4.69) is 5.32 Å². The van der Waals surface area contributed by atoms with Gasteiger partial charge in [-0.05, 0) is 42.4 Å². The summed E-state index contributed by atoms with van der Waals surface area (Å²) in [7, 11) is 1.85. The molecule has 0 amide bonds. The Bertz CT molecular complexity index is 481. The van der Waals surface area contributed by atoms with Crippen molar-refractivity contribution < 1.29 is 4.42 Å². The van der Waals surface area contributed by atoms with Gasteiger partial charge in [0.2, 0.25) is 0 Å². The third-order valence-corrected chi connectivity index (χ3v) is 2.93. The van der Waals surface area contributed by atoms with Gasteiger partial charge in [-0.3, -0.25) is 0 Å². The molecule has 2 rings (SSSR count). The van der Waals surface area contributed by atoms with Crippen molar-refractivity contribution in [2.75, 3.05) is 7.05 Å². The topological polar surface area (TPSA) is 25.2 Å². The SMILES string of the molecule is CNC(c1ccc(Cl)o1)c1ccccc1Cl. The van der Waals surface area contributed by atoms with Crippen LogP contribution < -0.4 is 5.32 Å². The van der Waals surface area contributed by atoms with Gasteiger partial charge in [0.25, 0.3) is 0 Å². The normalized spacial score (nSPS) is 12.7. The quantitative estimate of drug-likeness (QED) is 0.901. The van der Waals surface area contributed by atoms with Gasteiger partial charge in [0.15, 0.2) is 5.22 Å². The fourth-order valence-corrected chi connectivity index (χ4v) is 2.04. The zero-order valence-electron chi connectivity index (χ0n) is 8.71. The Labute approximate surface area is 104 Å². The first-order chi connectivity index (χ1) is 7.72. The second-order valence-electron chi connectivity index (χ2n) is 3.39. The highest BCUT2D eigenvalue weighted by molar-refractivity contribution is 6.31. The Balaban J connectivity index is 2.40. The van der Waals surface area contributed by atoms with E-state index in [-0.39, 0.29) is 6.04 Å². The highest BCUT2D eigenvalue weighted by atomic mass is 35.5. The van der Waals surface area contributed by atoms with Crippen molar-refractivity contribution in [3.05, 3.63) is 58.0 Å². The van der Waals surface area contributed by atoms with E-state index < -0.39 is 0 Å². The van der Waals surface area contributed by atoms with Crippen LogP contribution in [0.3, 0.4) is 0 Å². The molecule has 0 fully saturated rings. The minimum absolute atomic E-state index is 0.0822. The Hall–Kier alpha value is -0.960. The molecule has 4 heteroatoms. The molecule has 1 unspecified atom stereocenters. The third-order valence-electron chi connectivity index (χ3n) is 2.38. The van der Waals surface area contributed by atoms with Gasteiger partial charge in [0, 0.05) is 5.02 Å². The van der Waals surface area contributed by atoms with Crippen LogP contribution in [0.1, 0.15) is 17.4 Å². The molecule has 0 aliphatic carbocycles. The molecule has 2 aromatic rings. The number of benzene rings is 1. The summed E-state index contributed by atoms with van der Waals surface area (Å²) in [5.74, 6) is 0.751. The van der Waals surface area contributed by atoms with Crippen molar-refractivity contribution in [1.29, 1.82) is 0 Å². The zero-order chi connectivity index (χ0) is 11.5. The lowest BCUT2D eigenvalue weighted by molar-refractivity contribution is 0.465. The number of furan rings is 1. The monoisotopic (exact) mass is 255 g/mol. The first-order valence-corrected chi connectivity index (χ1v) is 5.65. The van der Waals surface area contributed by atoms with Crippen LogP contribution in [-0.2, 0) is 0 Å². The predicted molar refractivity (Wildman–Crippen MR) is 66.1 cm³/mol. The van der Waals surface area contributed by atoms with Crippen LogP contribution in [0.5, 0.6) is 0 Å². The van der Waals surface area contributed by atoms with Gasteiger partial charge in [-0.1, -0.05) is 29.8 Å². The molecule has 2 nitrogen and oxygen atoms in total. The van der Waals surface area contributed by atoms with Crippen LogP contribution in [0, 0.1) is 0 Å². The molecule has 0 aliphatic heterocycles. The molecule has 0 aliphatic rings. The predicted octanol–water partition coefficient (Wildman–Crippen LogP) is 3.90. The second-order valence-corrected chi connectivity index (χ2v) is 4.16. The molecular formula is C12H11Cl2NO. The van der Waals surface area contributed by atoms with Gasteiger partial charge >= 0.3 is 0 Å². The molecule has 1 aromatic heterocycles. The van der Waals surface area contributed by atoms with E-state index in [0.29, 0.717) is 10.2 Å². The summed E-state index contributed by atoms with van der Waals surface area (Å²) in [6.45, 7) is 0.